The molecule has 13 aromatic rings. The van der Waals surface area contributed by atoms with Crippen LogP contribution in [0.15, 0.2) is 340 Å². The second-order valence-electron chi connectivity index (χ2n) is 31.2. The summed E-state index contributed by atoms with van der Waals surface area (Å²) < 4.78 is 24.4. The maximum Gasteiger partial charge on any atom is 0.419 e. The number of hydrogen-bond donors (Lipinski definition) is 0. The molecule has 0 spiro atoms. The number of carbonyl (C=O) groups excluding carboxylic acids is 4. The minimum atomic E-state index is -0.905. The van der Waals surface area contributed by atoms with Gasteiger partial charge in [-0.1, -0.05) is 170 Å². The van der Waals surface area contributed by atoms with Crippen molar-refractivity contribution in [2.75, 3.05) is 29.4 Å². The molecule has 0 bridgehead atoms. The van der Waals surface area contributed by atoms with E-state index in [-0.39, 0.29) is 0 Å². The molecular formula is C98H92N6O8. The summed E-state index contributed by atoms with van der Waals surface area (Å²) in [6.07, 6.45) is -2.58. The van der Waals surface area contributed by atoms with Crippen LogP contribution in [0.25, 0.3) is 44.5 Å². The minimum absolute atomic E-state index is 0.405. The van der Waals surface area contributed by atoms with Crippen molar-refractivity contribution >= 4 is 104 Å². The maximum absolute atomic E-state index is 14.7. The fourth-order valence-corrected chi connectivity index (χ4v) is 13.1. The second kappa shape index (κ2) is 32.8. The van der Waals surface area contributed by atoms with E-state index < -0.39 is 46.8 Å². The van der Waals surface area contributed by atoms with Crippen LogP contribution in [0.3, 0.4) is 0 Å². The first kappa shape index (κ1) is 76.7. The molecule has 14 heteroatoms. The standard InChI is InChI=1S/C98H92N6O8/c1-95(2,3)109-91(105)101(83-53-49-81(50-54-83)99(77-41-33-73(34-42-77)69-25-17-13-18-26-69)78-43-35-74(36-44-78)70-27-19-14-20-28-70)85-57-61-87(62-58-85)103(93(107)111-97(7,8)9)89-65-67-90(68-66-89)104(94(108)112-98(10,11)12)88-63-59-86(60-64-88)102(92(106)110-96(4,5)6)84-55-51-82(52-56-84)100(79-45-37-75(38-46-79)71-29-21-15-22-30-71)80-47-39-76(40-48-80)72-31-23-16-24-32-72/h13-68H,1-12H3. The van der Waals surface area contributed by atoms with Crippen molar-refractivity contribution in [2.24, 2.45) is 0 Å². The van der Waals surface area contributed by atoms with E-state index in [1.807, 2.05) is 163 Å². The van der Waals surface area contributed by atoms with E-state index in [0.29, 0.717) is 45.5 Å². The first-order valence-electron chi connectivity index (χ1n) is 37.5. The molecule has 0 fully saturated rings. The van der Waals surface area contributed by atoms with E-state index in [1.165, 1.54) is 19.6 Å². The van der Waals surface area contributed by atoms with Gasteiger partial charge in [-0.2, -0.15) is 0 Å². The minimum Gasteiger partial charge on any atom is -0.443 e. The van der Waals surface area contributed by atoms with Crippen molar-refractivity contribution in [3.8, 4) is 44.5 Å². The molecule has 0 unspecified atom stereocenters. The summed E-state index contributed by atoms with van der Waals surface area (Å²) >= 11 is 0. The Kier molecular flexibility index (Phi) is 22.5. The molecular weight excluding hydrogens is 1390 g/mol. The smallest absolute Gasteiger partial charge is 0.419 e. The fraction of sp³-hybridized carbons (Fsp3) is 0.163. The molecule has 4 amide bonds. The van der Waals surface area contributed by atoms with Crippen LogP contribution >= 0.6 is 0 Å². The Bertz CT molecular complexity index is 4830. The van der Waals surface area contributed by atoms with Gasteiger partial charge in [0, 0.05) is 34.1 Å². The van der Waals surface area contributed by atoms with Crippen molar-refractivity contribution in [3.05, 3.63) is 340 Å². The third kappa shape index (κ3) is 18.8. The fourth-order valence-electron chi connectivity index (χ4n) is 13.1. The third-order valence-corrected chi connectivity index (χ3v) is 18.1. The van der Waals surface area contributed by atoms with Crippen molar-refractivity contribution < 1.29 is 38.1 Å². The average molecular weight is 1480 g/mol. The zero-order valence-corrected chi connectivity index (χ0v) is 65.3. The summed E-state index contributed by atoms with van der Waals surface area (Å²) in [6, 6.07) is 111. The van der Waals surface area contributed by atoms with E-state index in [0.717, 1.165) is 78.6 Å². The van der Waals surface area contributed by atoms with Crippen LogP contribution in [0.1, 0.15) is 83.1 Å². The van der Waals surface area contributed by atoms with E-state index in [4.69, 9.17) is 18.9 Å². The lowest BCUT2D eigenvalue weighted by Crippen LogP contribution is -2.35. The van der Waals surface area contributed by atoms with Gasteiger partial charge in [0.15, 0.2) is 0 Å². The molecule has 0 N–H and O–H groups in total. The van der Waals surface area contributed by atoms with Crippen molar-refractivity contribution in [1.82, 2.24) is 0 Å². The molecule has 13 aromatic carbocycles. The van der Waals surface area contributed by atoms with Gasteiger partial charge < -0.3 is 28.7 Å². The Balaban J connectivity index is 0.802. The first-order chi connectivity index (χ1) is 53.7. The number of nitrogens with zero attached hydrogens (tertiary/aromatic N) is 6. The number of hydrogen-bond acceptors (Lipinski definition) is 10. The Morgan fingerprint density at radius 3 is 0.420 bits per heavy atom. The molecule has 0 saturated heterocycles. The number of anilines is 14. The zero-order chi connectivity index (χ0) is 78.9. The highest BCUT2D eigenvalue weighted by Gasteiger charge is 2.32. The number of amides is 4. The summed E-state index contributed by atoms with van der Waals surface area (Å²) in [7, 11) is 0. The molecule has 0 aliphatic rings. The molecule has 14 nitrogen and oxygen atoms in total. The van der Waals surface area contributed by atoms with Crippen molar-refractivity contribution in [3.63, 3.8) is 0 Å². The van der Waals surface area contributed by atoms with Gasteiger partial charge in [-0.3, -0.25) is 0 Å². The normalized spacial score (nSPS) is 11.5. The molecule has 0 saturated carbocycles. The predicted octanol–water partition coefficient (Wildman–Crippen LogP) is 27.6. The molecule has 562 valence electrons. The summed E-state index contributed by atoms with van der Waals surface area (Å²) in [5, 5.41) is 0. The van der Waals surface area contributed by atoms with Crippen LogP contribution in [0.2, 0.25) is 0 Å². The number of benzene rings is 13. The summed E-state index contributed by atoms with van der Waals surface area (Å²) in [4.78, 5) is 68.9. The first-order valence-corrected chi connectivity index (χ1v) is 37.5. The molecule has 0 atom stereocenters. The lowest BCUT2D eigenvalue weighted by molar-refractivity contribution is 0.0586. The van der Waals surface area contributed by atoms with E-state index in [9.17, 15) is 19.2 Å². The largest absolute Gasteiger partial charge is 0.443 e. The van der Waals surface area contributed by atoms with Gasteiger partial charge in [-0.15, -0.1) is 0 Å². The lowest BCUT2D eigenvalue weighted by Gasteiger charge is -2.31. The van der Waals surface area contributed by atoms with Gasteiger partial charge in [-0.05, 0) is 297 Å². The van der Waals surface area contributed by atoms with Crippen LogP contribution < -0.4 is 29.4 Å². The second-order valence-corrected chi connectivity index (χ2v) is 31.2. The third-order valence-electron chi connectivity index (χ3n) is 18.1. The summed E-state index contributed by atoms with van der Waals surface area (Å²) in [5.74, 6) is 0. The topological polar surface area (TPSA) is 125 Å². The Morgan fingerprint density at radius 2 is 0.286 bits per heavy atom. The highest BCUT2D eigenvalue weighted by atomic mass is 16.6. The predicted molar refractivity (Wildman–Crippen MR) is 457 cm³/mol. The Hall–Kier alpha value is -13.5. The molecule has 0 aliphatic heterocycles. The average Bonchev–Trinajstić information content (AvgIpc) is 0.993. The van der Waals surface area contributed by atoms with Crippen LogP contribution in [0.4, 0.5) is 98.8 Å². The molecule has 0 aliphatic carbocycles. The van der Waals surface area contributed by atoms with Gasteiger partial charge in [0.25, 0.3) is 0 Å². The molecule has 0 aromatic heterocycles. The zero-order valence-electron chi connectivity index (χ0n) is 65.3. The van der Waals surface area contributed by atoms with E-state index in [1.54, 1.807) is 114 Å². The van der Waals surface area contributed by atoms with E-state index >= 15 is 0 Å². The summed E-state index contributed by atoms with van der Waals surface area (Å²) in [5.41, 5.74) is 14.4. The molecule has 112 heavy (non-hydrogen) atoms. The van der Waals surface area contributed by atoms with Crippen molar-refractivity contribution in [2.45, 2.75) is 105 Å². The van der Waals surface area contributed by atoms with Crippen molar-refractivity contribution in [1.29, 1.82) is 0 Å². The highest BCUT2D eigenvalue weighted by Crippen LogP contribution is 2.44. The number of carbonyl (C=O) groups is 4. The van der Waals surface area contributed by atoms with Gasteiger partial charge in [0.2, 0.25) is 0 Å². The van der Waals surface area contributed by atoms with Crippen LogP contribution in [0, 0.1) is 0 Å². The van der Waals surface area contributed by atoms with Crippen LogP contribution in [0.5, 0.6) is 0 Å². The Morgan fingerprint density at radius 1 is 0.170 bits per heavy atom. The summed E-state index contributed by atoms with van der Waals surface area (Å²) in [6.45, 7) is 21.7. The molecule has 0 heterocycles. The van der Waals surface area contributed by atoms with Gasteiger partial charge in [0.1, 0.15) is 22.4 Å². The van der Waals surface area contributed by atoms with Gasteiger partial charge in [0.05, 0.1) is 45.5 Å². The quantitative estimate of drug-likeness (QED) is 0.0767. The SMILES string of the molecule is CC(C)(C)OC(=O)N(c1ccc(N(C(=O)OC(C)(C)C)c2ccc(N(C(=O)OC(C)(C)C)c3ccc(N(c4ccc(-c5ccccc5)cc4)c4ccc(-c5ccccc5)cc4)cc3)cc2)cc1)c1ccc(N(C(=O)OC(C)(C)C)c2ccc(N(c3ccc(-c4ccccc4)cc3)c3ccc(-c4ccccc4)cc3)cc2)cc1. The molecule has 0 radical (unpaired) electrons. The Labute approximate surface area is 657 Å². The lowest BCUT2D eigenvalue weighted by atomic mass is 10.0. The number of ether oxygens (including phenoxy) is 4. The van der Waals surface area contributed by atoms with Gasteiger partial charge in [-0.25, -0.2) is 38.8 Å². The van der Waals surface area contributed by atoms with E-state index in [2.05, 4.69) is 155 Å². The molecule has 13 rings (SSSR count). The monoisotopic (exact) mass is 1480 g/mol. The number of rotatable bonds is 18. The van der Waals surface area contributed by atoms with Crippen LogP contribution in [-0.2, 0) is 18.9 Å². The maximum atomic E-state index is 14.7. The highest BCUT2D eigenvalue weighted by molar-refractivity contribution is 6.02. The van der Waals surface area contributed by atoms with Gasteiger partial charge >= 0.3 is 24.4 Å². The van der Waals surface area contributed by atoms with Crippen LogP contribution in [-0.4, -0.2) is 46.8 Å².